The van der Waals surface area contributed by atoms with E-state index in [9.17, 15) is 4.79 Å². The first-order valence-corrected chi connectivity index (χ1v) is 12.5. The number of carbonyl (C=O) groups excluding carboxylic acids is 1. The number of allylic oxidation sites excluding steroid dienone is 1. The number of carbonyl (C=O) groups is 1. The lowest BCUT2D eigenvalue weighted by Crippen LogP contribution is -2.29. The van der Waals surface area contributed by atoms with Crippen LogP contribution in [0.3, 0.4) is 0 Å². The number of methoxy groups -OCH3 is 1. The Hall–Kier alpha value is -3.46. The van der Waals surface area contributed by atoms with Gasteiger partial charge in [0.15, 0.2) is 11.5 Å². The number of nitrogens with zero attached hydrogens (tertiary/aromatic N) is 3. The number of thioether (sulfide) groups is 1. The standard InChI is InChI=1S/C26H30N4O4S/c1-6-35-26-28-25-27-17(4)22(24(31)33-15-18-10-8-7-9-11-18)23(30(25)29-26)19-12-13-20(34-16(2)3)21(14-19)32-5/h7-14,16,23H,6,15H2,1-5H3,(H,27,28,29). The zero-order valence-corrected chi connectivity index (χ0v) is 21.4. The van der Waals surface area contributed by atoms with Crippen molar-refractivity contribution in [2.45, 2.75) is 51.6 Å². The van der Waals surface area contributed by atoms with Crippen LogP contribution in [0.15, 0.2) is 65.0 Å². The molecule has 1 aromatic heterocycles. The molecule has 1 aliphatic rings. The molecule has 1 N–H and O–H groups in total. The lowest BCUT2D eigenvalue weighted by atomic mass is 9.95. The summed E-state index contributed by atoms with van der Waals surface area (Å²) < 4.78 is 19.0. The summed E-state index contributed by atoms with van der Waals surface area (Å²) in [6.07, 6.45) is -0.00478. The Kier molecular flexibility index (Phi) is 7.65. The van der Waals surface area contributed by atoms with E-state index in [2.05, 4.69) is 10.3 Å². The maximum absolute atomic E-state index is 13.4. The van der Waals surface area contributed by atoms with Gasteiger partial charge in [-0.3, -0.25) is 0 Å². The second kappa shape index (κ2) is 10.9. The second-order valence-corrected chi connectivity index (χ2v) is 9.53. The molecule has 0 saturated heterocycles. The zero-order chi connectivity index (χ0) is 24.9. The van der Waals surface area contributed by atoms with Crippen molar-refractivity contribution in [3.63, 3.8) is 0 Å². The number of hydrogen-bond acceptors (Lipinski definition) is 8. The van der Waals surface area contributed by atoms with Crippen LogP contribution >= 0.6 is 11.8 Å². The number of hydrogen-bond donors (Lipinski definition) is 1. The molecule has 1 aliphatic heterocycles. The average Bonchev–Trinajstić information content (AvgIpc) is 3.24. The Labute approximate surface area is 209 Å². The van der Waals surface area contributed by atoms with E-state index in [4.69, 9.17) is 19.3 Å². The Morgan fingerprint density at radius 1 is 1.17 bits per heavy atom. The number of ether oxygens (including phenoxy) is 3. The predicted molar refractivity (Wildman–Crippen MR) is 136 cm³/mol. The maximum atomic E-state index is 13.4. The average molecular weight is 495 g/mol. The molecular weight excluding hydrogens is 464 g/mol. The monoisotopic (exact) mass is 494 g/mol. The van der Waals surface area contributed by atoms with Gasteiger partial charge in [-0.1, -0.05) is 55.1 Å². The first-order chi connectivity index (χ1) is 16.9. The number of fused-ring (bicyclic) bond motifs is 1. The van der Waals surface area contributed by atoms with Crippen molar-refractivity contribution in [2.24, 2.45) is 0 Å². The summed E-state index contributed by atoms with van der Waals surface area (Å²) in [5.41, 5.74) is 2.86. The molecule has 0 bridgehead atoms. The summed E-state index contributed by atoms with van der Waals surface area (Å²) in [5, 5.41) is 8.57. The van der Waals surface area contributed by atoms with E-state index in [1.807, 2.05) is 76.2 Å². The molecule has 0 aliphatic carbocycles. The molecule has 9 heteroatoms. The smallest absolute Gasteiger partial charge is 0.338 e. The van der Waals surface area contributed by atoms with Crippen LogP contribution in [0, 0.1) is 0 Å². The third kappa shape index (κ3) is 5.45. The van der Waals surface area contributed by atoms with Crippen LogP contribution in [-0.2, 0) is 16.1 Å². The van der Waals surface area contributed by atoms with Gasteiger partial charge in [-0.05, 0) is 49.8 Å². The molecule has 184 valence electrons. The Morgan fingerprint density at radius 3 is 2.63 bits per heavy atom. The fourth-order valence-electron chi connectivity index (χ4n) is 3.90. The first kappa shape index (κ1) is 24.7. The van der Waals surface area contributed by atoms with E-state index in [1.165, 1.54) is 11.8 Å². The summed E-state index contributed by atoms with van der Waals surface area (Å²) in [7, 11) is 1.60. The van der Waals surface area contributed by atoms with Crippen molar-refractivity contribution in [1.82, 2.24) is 14.8 Å². The first-order valence-electron chi connectivity index (χ1n) is 11.5. The number of esters is 1. The van der Waals surface area contributed by atoms with Crippen molar-refractivity contribution >= 4 is 23.7 Å². The quantitative estimate of drug-likeness (QED) is 0.320. The molecule has 0 saturated carbocycles. The van der Waals surface area contributed by atoms with Crippen LogP contribution < -0.4 is 14.8 Å². The topological polar surface area (TPSA) is 87.5 Å². The number of anilines is 1. The summed E-state index contributed by atoms with van der Waals surface area (Å²) >= 11 is 1.54. The fraction of sp³-hybridized carbons (Fsp3) is 0.346. The van der Waals surface area contributed by atoms with Gasteiger partial charge in [0, 0.05) is 5.70 Å². The van der Waals surface area contributed by atoms with Crippen molar-refractivity contribution in [3.8, 4) is 11.5 Å². The van der Waals surface area contributed by atoms with Gasteiger partial charge in [-0.15, -0.1) is 5.10 Å². The highest BCUT2D eigenvalue weighted by Gasteiger charge is 2.36. The molecule has 0 radical (unpaired) electrons. The Morgan fingerprint density at radius 2 is 1.94 bits per heavy atom. The Balaban J connectivity index is 1.74. The highest BCUT2D eigenvalue weighted by atomic mass is 32.2. The lowest BCUT2D eigenvalue weighted by Gasteiger charge is -2.28. The minimum absolute atomic E-state index is 0.00478. The zero-order valence-electron chi connectivity index (χ0n) is 20.6. The van der Waals surface area contributed by atoms with Crippen LogP contribution in [0.5, 0.6) is 11.5 Å². The molecule has 1 atom stereocenters. The van der Waals surface area contributed by atoms with E-state index in [0.717, 1.165) is 16.9 Å². The molecule has 0 amide bonds. The molecule has 4 rings (SSSR count). The van der Waals surface area contributed by atoms with Crippen LogP contribution in [0.25, 0.3) is 0 Å². The largest absolute Gasteiger partial charge is 0.493 e. The molecule has 35 heavy (non-hydrogen) atoms. The van der Waals surface area contributed by atoms with E-state index in [0.29, 0.717) is 33.9 Å². The van der Waals surface area contributed by atoms with Gasteiger partial charge in [0.25, 0.3) is 0 Å². The van der Waals surface area contributed by atoms with Crippen LogP contribution in [0.1, 0.15) is 44.9 Å². The molecule has 3 aromatic rings. The van der Waals surface area contributed by atoms with Gasteiger partial charge in [0.05, 0.1) is 18.8 Å². The van der Waals surface area contributed by atoms with Crippen LogP contribution in [0.2, 0.25) is 0 Å². The molecule has 0 spiro atoms. The van der Waals surface area contributed by atoms with Crippen molar-refractivity contribution in [3.05, 3.63) is 70.9 Å². The molecular formula is C26H30N4O4S. The maximum Gasteiger partial charge on any atom is 0.338 e. The van der Waals surface area contributed by atoms with Gasteiger partial charge in [-0.2, -0.15) is 4.98 Å². The Bertz CT molecular complexity index is 1220. The van der Waals surface area contributed by atoms with E-state index < -0.39 is 12.0 Å². The third-order valence-corrected chi connectivity index (χ3v) is 6.13. The van der Waals surface area contributed by atoms with Crippen LogP contribution in [-0.4, -0.2) is 39.7 Å². The molecule has 2 aromatic carbocycles. The van der Waals surface area contributed by atoms with E-state index in [1.54, 1.807) is 11.8 Å². The van der Waals surface area contributed by atoms with Gasteiger partial charge in [0.2, 0.25) is 11.1 Å². The van der Waals surface area contributed by atoms with Crippen molar-refractivity contribution < 1.29 is 19.0 Å². The normalized spacial score (nSPS) is 15.0. The third-order valence-electron chi connectivity index (χ3n) is 5.41. The molecule has 1 unspecified atom stereocenters. The van der Waals surface area contributed by atoms with Gasteiger partial charge < -0.3 is 19.5 Å². The number of aromatic nitrogens is 3. The minimum Gasteiger partial charge on any atom is -0.493 e. The van der Waals surface area contributed by atoms with Crippen molar-refractivity contribution in [2.75, 3.05) is 18.2 Å². The van der Waals surface area contributed by atoms with Gasteiger partial charge in [0.1, 0.15) is 12.6 Å². The van der Waals surface area contributed by atoms with Gasteiger partial charge in [-0.25, -0.2) is 9.48 Å². The summed E-state index contributed by atoms with van der Waals surface area (Å²) in [5.74, 6) is 2.20. The number of rotatable bonds is 9. The molecule has 0 fully saturated rings. The van der Waals surface area contributed by atoms with Gasteiger partial charge >= 0.3 is 5.97 Å². The fourth-order valence-corrected chi connectivity index (χ4v) is 4.46. The molecule has 2 heterocycles. The number of nitrogens with one attached hydrogen (secondary N) is 1. The second-order valence-electron chi connectivity index (χ2n) is 8.30. The van der Waals surface area contributed by atoms with E-state index in [-0.39, 0.29) is 12.7 Å². The summed E-state index contributed by atoms with van der Waals surface area (Å²) in [6, 6.07) is 14.7. The number of benzene rings is 2. The van der Waals surface area contributed by atoms with E-state index >= 15 is 0 Å². The SMILES string of the molecule is CCSc1nc2n(n1)C(c1ccc(OC(C)C)c(OC)c1)C(C(=O)OCc1ccccc1)=C(C)N2. The van der Waals surface area contributed by atoms with Crippen LogP contribution in [0.4, 0.5) is 5.95 Å². The predicted octanol–water partition coefficient (Wildman–Crippen LogP) is 5.22. The summed E-state index contributed by atoms with van der Waals surface area (Å²) in [4.78, 5) is 18.0. The highest BCUT2D eigenvalue weighted by Crippen LogP contribution is 2.40. The summed E-state index contributed by atoms with van der Waals surface area (Å²) in [6.45, 7) is 7.99. The van der Waals surface area contributed by atoms with Crippen molar-refractivity contribution in [1.29, 1.82) is 0 Å². The highest BCUT2D eigenvalue weighted by molar-refractivity contribution is 7.99. The lowest BCUT2D eigenvalue weighted by molar-refractivity contribution is -0.140. The molecule has 8 nitrogen and oxygen atoms in total. The minimum atomic E-state index is -0.546.